The molecule has 0 aromatic heterocycles. The van der Waals surface area contributed by atoms with Crippen LogP contribution in [-0.4, -0.2) is 7.11 Å². The zero-order valence-electron chi connectivity index (χ0n) is 7.60. The lowest BCUT2D eigenvalue weighted by Gasteiger charge is -2.12. The fraction of sp³-hybridized carbons (Fsp3) is 0.400. The van der Waals surface area contributed by atoms with Gasteiger partial charge in [0.25, 0.3) is 0 Å². The minimum atomic E-state index is -0.195. The highest BCUT2D eigenvalue weighted by atomic mass is 19.1. The van der Waals surface area contributed by atoms with Gasteiger partial charge in [-0.1, -0.05) is 6.07 Å². The number of benzene rings is 1. The van der Waals surface area contributed by atoms with Crippen molar-refractivity contribution in [3.05, 3.63) is 35.1 Å². The lowest BCUT2D eigenvalue weighted by Crippen LogP contribution is -1.98. The van der Waals surface area contributed by atoms with Crippen LogP contribution in [0.1, 0.15) is 24.2 Å². The lowest BCUT2D eigenvalue weighted by atomic mass is 10.0. The molecule has 1 nitrogen and oxygen atoms in total. The van der Waals surface area contributed by atoms with E-state index >= 15 is 0 Å². The third kappa shape index (κ3) is 1.83. The molecule has 1 rings (SSSR count). The number of aryl methyl sites for hydroxylation is 1. The molecule has 0 N–H and O–H groups in total. The molecule has 0 saturated carbocycles. The maximum absolute atomic E-state index is 12.7. The quantitative estimate of drug-likeness (QED) is 0.659. The molecule has 0 aliphatic rings. The van der Waals surface area contributed by atoms with Gasteiger partial charge < -0.3 is 4.74 Å². The van der Waals surface area contributed by atoms with Gasteiger partial charge in [-0.05, 0) is 37.1 Å². The van der Waals surface area contributed by atoms with Gasteiger partial charge in [0.15, 0.2) is 0 Å². The van der Waals surface area contributed by atoms with Crippen LogP contribution in [0.15, 0.2) is 18.2 Å². The molecule has 0 amide bonds. The molecule has 0 saturated heterocycles. The lowest BCUT2D eigenvalue weighted by molar-refractivity contribution is 0.119. The minimum absolute atomic E-state index is 0.0330. The summed E-state index contributed by atoms with van der Waals surface area (Å²) in [4.78, 5) is 0. The van der Waals surface area contributed by atoms with Gasteiger partial charge in [-0.3, -0.25) is 0 Å². The Morgan fingerprint density at radius 3 is 2.58 bits per heavy atom. The normalized spacial score (nSPS) is 13.0. The minimum Gasteiger partial charge on any atom is -0.377 e. The summed E-state index contributed by atoms with van der Waals surface area (Å²) in [7, 11) is 1.65. The maximum atomic E-state index is 12.7. The zero-order chi connectivity index (χ0) is 9.14. The topological polar surface area (TPSA) is 9.23 Å². The van der Waals surface area contributed by atoms with E-state index in [0.717, 1.165) is 11.1 Å². The summed E-state index contributed by atoms with van der Waals surface area (Å²) in [6.07, 6.45) is 0.0330. The summed E-state index contributed by atoms with van der Waals surface area (Å²) in [5.41, 5.74) is 1.98. The van der Waals surface area contributed by atoms with Crippen LogP contribution in [0.3, 0.4) is 0 Å². The van der Waals surface area contributed by atoms with Gasteiger partial charge >= 0.3 is 0 Å². The predicted molar refractivity (Wildman–Crippen MR) is 46.6 cm³/mol. The van der Waals surface area contributed by atoms with Gasteiger partial charge in [0.2, 0.25) is 0 Å². The smallest absolute Gasteiger partial charge is 0.123 e. The van der Waals surface area contributed by atoms with Gasteiger partial charge in [0.1, 0.15) is 5.82 Å². The molecule has 1 unspecified atom stereocenters. The maximum Gasteiger partial charge on any atom is 0.123 e. The number of hydrogen-bond donors (Lipinski definition) is 0. The number of ether oxygens (including phenoxy) is 1. The third-order valence-corrected chi connectivity index (χ3v) is 2.02. The second-order valence-electron chi connectivity index (χ2n) is 2.88. The van der Waals surface area contributed by atoms with Crippen molar-refractivity contribution < 1.29 is 9.13 Å². The molecule has 1 atom stereocenters. The molecule has 1 aromatic rings. The van der Waals surface area contributed by atoms with Crippen molar-refractivity contribution in [3.8, 4) is 0 Å². The first-order valence-electron chi connectivity index (χ1n) is 3.94. The SMILES string of the molecule is COC(C)c1ccc(F)cc1C. The van der Waals surface area contributed by atoms with Crippen molar-refractivity contribution in [1.82, 2.24) is 0 Å². The summed E-state index contributed by atoms with van der Waals surface area (Å²) in [6.45, 7) is 3.83. The predicted octanol–water partition coefficient (Wildman–Crippen LogP) is 2.84. The summed E-state index contributed by atoms with van der Waals surface area (Å²) in [5, 5.41) is 0. The van der Waals surface area contributed by atoms with E-state index in [9.17, 15) is 4.39 Å². The van der Waals surface area contributed by atoms with E-state index in [4.69, 9.17) is 4.74 Å². The van der Waals surface area contributed by atoms with Crippen LogP contribution in [-0.2, 0) is 4.74 Å². The summed E-state index contributed by atoms with van der Waals surface area (Å²) in [6, 6.07) is 4.74. The highest BCUT2D eigenvalue weighted by Gasteiger charge is 2.06. The molecule has 0 bridgehead atoms. The number of halogens is 1. The Labute approximate surface area is 72.2 Å². The molecule has 0 spiro atoms. The standard InChI is InChI=1S/C10H13FO/c1-7-6-9(11)4-5-10(7)8(2)12-3/h4-6,8H,1-3H3. The molecule has 0 heterocycles. The van der Waals surface area contributed by atoms with Gasteiger partial charge in [-0.15, -0.1) is 0 Å². The van der Waals surface area contributed by atoms with Gasteiger partial charge in [-0.2, -0.15) is 0 Å². The molecule has 66 valence electrons. The first kappa shape index (κ1) is 9.20. The third-order valence-electron chi connectivity index (χ3n) is 2.02. The highest BCUT2D eigenvalue weighted by molar-refractivity contribution is 5.28. The van der Waals surface area contributed by atoms with E-state index in [1.807, 2.05) is 13.8 Å². The molecule has 0 radical (unpaired) electrons. The molecule has 0 aliphatic carbocycles. The van der Waals surface area contributed by atoms with E-state index < -0.39 is 0 Å². The van der Waals surface area contributed by atoms with Crippen LogP contribution < -0.4 is 0 Å². The van der Waals surface area contributed by atoms with E-state index in [-0.39, 0.29) is 11.9 Å². The average molecular weight is 168 g/mol. The van der Waals surface area contributed by atoms with Crippen LogP contribution >= 0.6 is 0 Å². The van der Waals surface area contributed by atoms with E-state index in [2.05, 4.69) is 0 Å². The van der Waals surface area contributed by atoms with Crippen molar-refractivity contribution in [2.45, 2.75) is 20.0 Å². The van der Waals surface area contributed by atoms with Crippen molar-refractivity contribution in [1.29, 1.82) is 0 Å². The first-order valence-corrected chi connectivity index (χ1v) is 3.94. The van der Waals surface area contributed by atoms with Crippen molar-refractivity contribution in [2.75, 3.05) is 7.11 Å². The number of rotatable bonds is 2. The number of methoxy groups -OCH3 is 1. The largest absolute Gasteiger partial charge is 0.377 e. The molecule has 12 heavy (non-hydrogen) atoms. The summed E-state index contributed by atoms with van der Waals surface area (Å²) >= 11 is 0. The molecule has 0 aliphatic heterocycles. The summed E-state index contributed by atoms with van der Waals surface area (Å²) < 4.78 is 17.8. The van der Waals surface area contributed by atoms with E-state index in [0.29, 0.717) is 0 Å². The summed E-state index contributed by atoms with van der Waals surface area (Å²) in [5.74, 6) is -0.195. The van der Waals surface area contributed by atoms with E-state index in [1.165, 1.54) is 12.1 Å². The van der Waals surface area contributed by atoms with Gasteiger partial charge in [0.05, 0.1) is 6.10 Å². The Morgan fingerprint density at radius 2 is 2.08 bits per heavy atom. The van der Waals surface area contributed by atoms with E-state index in [1.54, 1.807) is 13.2 Å². The Balaban J connectivity index is 3.01. The molecule has 1 aromatic carbocycles. The van der Waals surface area contributed by atoms with Crippen LogP contribution in [0, 0.1) is 12.7 Å². The van der Waals surface area contributed by atoms with Crippen molar-refractivity contribution in [3.63, 3.8) is 0 Å². The van der Waals surface area contributed by atoms with Gasteiger partial charge in [-0.25, -0.2) is 4.39 Å². The van der Waals surface area contributed by atoms with Crippen molar-refractivity contribution >= 4 is 0 Å². The van der Waals surface area contributed by atoms with Crippen LogP contribution in [0.2, 0.25) is 0 Å². The fourth-order valence-electron chi connectivity index (χ4n) is 1.22. The molecular formula is C10H13FO. The van der Waals surface area contributed by atoms with Crippen molar-refractivity contribution in [2.24, 2.45) is 0 Å². The van der Waals surface area contributed by atoms with Crippen LogP contribution in [0.4, 0.5) is 4.39 Å². The first-order chi connectivity index (χ1) is 5.65. The van der Waals surface area contributed by atoms with Crippen LogP contribution in [0.25, 0.3) is 0 Å². The second kappa shape index (κ2) is 3.68. The number of hydrogen-bond acceptors (Lipinski definition) is 1. The highest BCUT2D eigenvalue weighted by Crippen LogP contribution is 2.20. The monoisotopic (exact) mass is 168 g/mol. The average Bonchev–Trinajstić information content (AvgIpc) is 2.03. The molecular weight excluding hydrogens is 155 g/mol. The van der Waals surface area contributed by atoms with Crippen LogP contribution in [0.5, 0.6) is 0 Å². The zero-order valence-corrected chi connectivity index (χ0v) is 7.60. The second-order valence-corrected chi connectivity index (χ2v) is 2.88. The Hall–Kier alpha value is -0.890. The molecule has 2 heteroatoms. The Bertz CT molecular complexity index is 271. The Kier molecular flexibility index (Phi) is 2.82. The molecule has 0 fully saturated rings. The fourth-order valence-corrected chi connectivity index (χ4v) is 1.22. The Morgan fingerprint density at radius 1 is 1.42 bits per heavy atom. The van der Waals surface area contributed by atoms with Gasteiger partial charge in [0, 0.05) is 7.11 Å².